The van der Waals surface area contributed by atoms with Crippen LogP contribution in [0.3, 0.4) is 0 Å². The summed E-state index contributed by atoms with van der Waals surface area (Å²) in [7, 11) is 1.48. The summed E-state index contributed by atoms with van der Waals surface area (Å²) in [6, 6.07) is 7.18. The lowest BCUT2D eigenvalue weighted by Gasteiger charge is -2.29. The van der Waals surface area contributed by atoms with Gasteiger partial charge in [0.25, 0.3) is 0 Å². The Morgan fingerprint density at radius 2 is 2.12 bits per heavy atom. The van der Waals surface area contributed by atoms with Gasteiger partial charge in [0.15, 0.2) is 10.8 Å². The Labute approximate surface area is 99.4 Å². The van der Waals surface area contributed by atoms with Crippen LogP contribution in [0, 0.1) is 5.92 Å². The van der Waals surface area contributed by atoms with Crippen molar-refractivity contribution in [3.63, 3.8) is 0 Å². The number of methoxy groups -OCH3 is 1. The third-order valence-electron chi connectivity index (χ3n) is 2.67. The second kappa shape index (κ2) is 4.22. The maximum Gasteiger partial charge on any atom is 0.181 e. The number of ketones is 1. The van der Waals surface area contributed by atoms with E-state index in [1.165, 1.54) is 7.11 Å². The fraction of sp³-hybridized carbons (Fsp3) is 0.333. The van der Waals surface area contributed by atoms with E-state index in [9.17, 15) is 4.79 Å². The summed E-state index contributed by atoms with van der Waals surface area (Å²) in [5.41, 5.74) is 0.574. The van der Waals surface area contributed by atoms with Gasteiger partial charge in [-0.1, -0.05) is 12.1 Å². The van der Waals surface area contributed by atoms with Crippen LogP contribution < -0.4 is 4.74 Å². The van der Waals surface area contributed by atoms with E-state index in [0.29, 0.717) is 11.3 Å². The van der Waals surface area contributed by atoms with Crippen LogP contribution in [-0.4, -0.2) is 24.0 Å². The molecule has 2 unspecified atom stereocenters. The molecule has 1 aromatic rings. The van der Waals surface area contributed by atoms with Gasteiger partial charge in [-0.25, -0.2) is 0 Å². The summed E-state index contributed by atoms with van der Waals surface area (Å²) in [5.74, 6) is 0.103. The van der Waals surface area contributed by atoms with Crippen LogP contribution in [0.5, 0.6) is 5.75 Å². The molecule has 84 valence electrons. The quantitative estimate of drug-likeness (QED) is 0.700. The third kappa shape index (κ3) is 1.69. The predicted molar refractivity (Wildman–Crippen MR) is 64.0 cm³/mol. The normalized spacial score (nSPS) is 23.2. The Bertz CT molecular complexity index is 442. The molecule has 2 rings (SSSR count). The van der Waals surface area contributed by atoms with E-state index in [1.807, 2.05) is 19.1 Å². The second-order valence-electron chi connectivity index (χ2n) is 3.68. The monoisotopic (exact) mass is 236 g/mol. The van der Waals surface area contributed by atoms with Crippen molar-refractivity contribution < 1.29 is 14.3 Å². The summed E-state index contributed by atoms with van der Waals surface area (Å²) >= 11 is 5.04. The summed E-state index contributed by atoms with van der Waals surface area (Å²) in [5, 5.41) is 0.284. The number of hydrogen-bond donors (Lipinski definition) is 0. The van der Waals surface area contributed by atoms with E-state index in [2.05, 4.69) is 0 Å². The van der Waals surface area contributed by atoms with Crippen molar-refractivity contribution in [2.75, 3.05) is 7.11 Å². The van der Waals surface area contributed by atoms with Crippen LogP contribution in [0.25, 0.3) is 0 Å². The van der Waals surface area contributed by atoms with E-state index in [4.69, 9.17) is 21.7 Å². The number of ether oxygens (including phenoxy) is 2. The zero-order valence-corrected chi connectivity index (χ0v) is 9.91. The largest absolute Gasteiger partial charge is 0.489 e. The molecule has 0 radical (unpaired) electrons. The molecule has 1 aliphatic rings. The fourth-order valence-electron chi connectivity index (χ4n) is 1.85. The third-order valence-corrected chi connectivity index (χ3v) is 3.09. The van der Waals surface area contributed by atoms with E-state index >= 15 is 0 Å². The summed E-state index contributed by atoms with van der Waals surface area (Å²) in [6.45, 7) is 1.82. The van der Waals surface area contributed by atoms with Gasteiger partial charge in [-0.05, 0) is 31.3 Å². The first kappa shape index (κ1) is 11.1. The fourth-order valence-corrected chi connectivity index (χ4v) is 2.15. The van der Waals surface area contributed by atoms with Crippen molar-refractivity contribution in [3.8, 4) is 5.75 Å². The van der Waals surface area contributed by atoms with E-state index in [0.717, 1.165) is 0 Å². The maximum atomic E-state index is 12.2. The topological polar surface area (TPSA) is 35.5 Å². The highest BCUT2D eigenvalue weighted by Crippen LogP contribution is 2.31. The SMILES string of the molecule is COC(=S)C1C(=O)c2ccccc2OC1C. The lowest BCUT2D eigenvalue weighted by molar-refractivity contribution is 0.0774. The zero-order chi connectivity index (χ0) is 11.7. The van der Waals surface area contributed by atoms with Crippen LogP contribution in [0.4, 0.5) is 0 Å². The molecule has 0 amide bonds. The minimum atomic E-state index is -0.491. The molecule has 16 heavy (non-hydrogen) atoms. The lowest BCUT2D eigenvalue weighted by atomic mass is 9.90. The number of thiocarbonyl (C=S) groups is 1. The molecule has 1 aliphatic heterocycles. The molecule has 0 spiro atoms. The molecule has 0 N–H and O–H groups in total. The van der Waals surface area contributed by atoms with Gasteiger partial charge < -0.3 is 9.47 Å². The van der Waals surface area contributed by atoms with Gasteiger partial charge in [0.05, 0.1) is 12.7 Å². The second-order valence-corrected chi connectivity index (χ2v) is 4.09. The standard InChI is InChI=1S/C12H12O3S/c1-7-10(12(16)14-2)11(13)8-5-3-4-6-9(8)15-7/h3-7,10H,1-2H3. The average Bonchev–Trinajstić information content (AvgIpc) is 2.28. The van der Waals surface area contributed by atoms with Gasteiger partial charge in [-0.2, -0.15) is 0 Å². The van der Waals surface area contributed by atoms with Crippen LogP contribution >= 0.6 is 12.2 Å². The van der Waals surface area contributed by atoms with Crippen molar-refractivity contribution in [2.45, 2.75) is 13.0 Å². The maximum absolute atomic E-state index is 12.2. The summed E-state index contributed by atoms with van der Waals surface area (Å²) < 4.78 is 10.6. The van der Waals surface area contributed by atoms with Crippen LogP contribution in [0.15, 0.2) is 24.3 Å². The number of carbonyl (C=O) groups excluding carboxylic acids is 1. The van der Waals surface area contributed by atoms with Gasteiger partial charge in [0, 0.05) is 0 Å². The smallest absolute Gasteiger partial charge is 0.181 e. The van der Waals surface area contributed by atoms with Crippen molar-refractivity contribution >= 4 is 23.1 Å². The van der Waals surface area contributed by atoms with Crippen molar-refractivity contribution in [3.05, 3.63) is 29.8 Å². The highest BCUT2D eigenvalue weighted by Gasteiger charge is 2.37. The number of benzene rings is 1. The molecule has 1 heterocycles. The molecule has 4 heteroatoms. The van der Waals surface area contributed by atoms with Crippen molar-refractivity contribution in [2.24, 2.45) is 5.92 Å². The van der Waals surface area contributed by atoms with Crippen molar-refractivity contribution in [1.82, 2.24) is 0 Å². The van der Waals surface area contributed by atoms with Crippen LogP contribution in [0.1, 0.15) is 17.3 Å². The minimum absolute atomic E-state index is 0.0267. The summed E-state index contributed by atoms with van der Waals surface area (Å²) in [6.07, 6.45) is -0.283. The zero-order valence-electron chi connectivity index (χ0n) is 9.10. The van der Waals surface area contributed by atoms with Gasteiger partial charge >= 0.3 is 0 Å². The highest BCUT2D eigenvalue weighted by molar-refractivity contribution is 7.80. The number of Topliss-reactive ketones (excluding diaryl/α,β-unsaturated/α-hetero) is 1. The molecule has 0 aromatic heterocycles. The minimum Gasteiger partial charge on any atom is -0.489 e. The number of hydrogen-bond acceptors (Lipinski definition) is 4. The first-order valence-electron chi connectivity index (χ1n) is 5.03. The molecule has 0 fully saturated rings. The molecule has 3 nitrogen and oxygen atoms in total. The number of fused-ring (bicyclic) bond motifs is 1. The van der Waals surface area contributed by atoms with Crippen LogP contribution in [0.2, 0.25) is 0 Å². The van der Waals surface area contributed by atoms with Gasteiger partial charge in [0.1, 0.15) is 17.8 Å². The molecular formula is C12H12O3S. The molecule has 0 saturated carbocycles. The first-order chi connectivity index (χ1) is 7.65. The number of carbonyl (C=O) groups is 1. The summed E-state index contributed by atoms with van der Waals surface area (Å²) in [4.78, 5) is 12.2. The van der Waals surface area contributed by atoms with Crippen LogP contribution in [-0.2, 0) is 4.74 Å². The van der Waals surface area contributed by atoms with Gasteiger partial charge in [-0.3, -0.25) is 4.79 Å². The van der Waals surface area contributed by atoms with Gasteiger partial charge in [0.2, 0.25) is 0 Å². The molecule has 0 bridgehead atoms. The Balaban J connectivity index is 2.42. The Hall–Kier alpha value is -1.42. The molecule has 1 aromatic carbocycles. The Morgan fingerprint density at radius 3 is 2.81 bits per heavy atom. The van der Waals surface area contributed by atoms with E-state index in [1.54, 1.807) is 12.1 Å². The molecule has 2 atom stereocenters. The van der Waals surface area contributed by atoms with Crippen molar-refractivity contribution in [1.29, 1.82) is 0 Å². The highest BCUT2D eigenvalue weighted by atomic mass is 32.1. The molecule has 0 saturated heterocycles. The molecule has 0 aliphatic carbocycles. The molecular weight excluding hydrogens is 224 g/mol. The number of para-hydroxylation sites is 1. The van der Waals surface area contributed by atoms with Gasteiger partial charge in [-0.15, -0.1) is 0 Å². The average molecular weight is 236 g/mol. The lowest BCUT2D eigenvalue weighted by Crippen LogP contribution is -2.40. The first-order valence-corrected chi connectivity index (χ1v) is 5.43. The number of rotatable bonds is 1. The Morgan fingerprint density at radius 1 is 1.44 bits per heavy atom. The Kier molecular flexibility index (Phi) is 2.92. The predicted octanol–water partition coefficient (Wildman–Crippen LogP) is 2.24. The van der Waals surface area contributed by atoms with E-state index in [-0.39, 0.29) is 16.9 Å². The van der Waals surface area contributed by atoms with E-state index < -0.39 is 5.92 Å².